The fourth-order valence-electron chi connectivity index (χ4n) is 3.27. The summed E-state index contributed by atoms with van der Waals surface area (Å²) in [6, 6.07) is 23.4. The third-order valence-electron chi connectivity index (χ3n) is 5.33. The molecule has 0 spiro atoms. The maximum absolute atomic E-state index is 13.3. The Morgan fingerprint density at radius 1 is 0.882 bits per heavy atom. The first-order valence-corrected chi connectivity index (χ1v) is 13.8. The van der Waals surface area contributed by atoms with Gasteiger partial charge in [-0.3, -0.25) is 0 Å². The molecular weight excluding hydrogens is 464 g/mol. The van der Waals surface area contributed by atoms with Crippen molar-refractivity contribution in [3.63, 3.8) is 0 Å². The zero-order valence-corrected chi connectivity index (χ0v) is 21.9. The predicted molar refractivity (Wildman–Crippen MR) is 141 cm³/mol. The van der Waals surface area contributed by atoms with Crippen molar-refractivity contribution in [2.45, 2.75) is 56.7 Å². The van der Waals surface area contributed by atoms with E-state index in [0.717, 1.165) is 22.3 Å². The van der Waals surface area contributed by atoms with Crippen LogP contribution in [0, 0.1) is 13.8 Å². The van der Waals surface area contributed by atoms with Gasteiger partial charge in [-0.05, 0) is 57.9 Å². The second-order valence-electron chi connectivity index (χ2n) is 9.37. The molecule has 0 aromatic heterocycles. The van der Waals surface area contributed by atoms with Crippen LogP contribution in [-0.4, -0.2) is 23.1 Å². The molecule has 0 bridgehead atoms. The van der Waals surface area contributed by atoms with E-state index in [1.807, 2.05) is 89.2 Å². The van der Waals surface area contributed by atoms with Gasteiger partial charge in [0.25, 0.3) is 0 Å². The van der Waals surface area contributed by atoms with Crippen LogP contribution in [0.25, 0.3) is 0 Å². The van der Waals surface area contributed by atoms with Gasteiger partial charge in [-0.25, -0.2) is 17.3 Å². The molecule has 1 unspecified atom stereocenters. The monoisotopic (exact) mass is 496 g/mol. The smallest absolute Gasteiger partial charge is 0.234 e. The van der Waals surface area contributed by atoms with E-state index >= 15 is 0 Å². The Morgan fingerprint density at radius 2 is 1.41 bits per heavy atom. The molecule has 5 nitrogen and oxygen atoms in total. The molecule has 3 aromatic carbocycles. The average Bonchev–Trinajstić information content (AvgIpc) is 2.78. The molecule has 3 aromatic rings. The van der Waals surface area contributed by atoms with Gasteiger partial charge in [-0.15, -0.1) is 0 Å². The largest absolute Gasteiger partial charge is 0.241 e. The van der Waals surface area contributed by atoms with Crippen molar-refractivity contribution >= 4 is 26.7 Å². The molecule has 0 fully saturated rings. The van der Waals surface area contributed by atoms with Crippen LogP contribution in [0.4, 0.5) is 0 Å². The van der Waals surface area contributed by atoms with E-state index in [-0.39, 0.29) is 11.3 Å². The Labute approximate surface area is 206 Å². The second kappa shape index (κ2) is 10.8. The van der Waals surface area contributed by atoms with Crippen LogP contribution in [-0.2, 0) is 21.0 Å². The van der Waals surface area contributed by atoms with Crippen LogP contribution < -0.4 is 4.72 Å². The van der Waals surface area contributed by atoms with Gasteiger partial charge in [0.05, 0.1) is 21.4 Å². The number of sulfonamides is 1. The summed E-state index contributed by atoms with van der Waals surface area (Å²) in [5, 5.41) is 0. The van der Waals surface area contributed by atoms with Gasteiger partial charge in [0, 0.05) is 6.42 Å². The Kier molecular flexibility index (Phi) is 8.23. The molecule has 0 aliphatic carbocycles. The number of aryl methyl sites for hydroxylation is 2. The third-order valence-corrected chi connectivity index (χ3v) is 8.25. The summed E-state index contributed by atoms with van der Waals surface area (Å²) in [5.41, 5.74) is 4.27. The number of hydrogen-bond donors (Lipinski definition) is 1. The highest BCUT2D eigenvalue weighted by Crippen LogP contribution is 2.25. The molecule has 7 heteroatoms. The highest BCUT2D eigenvalue weighted by atomic mass is 32.2. The maximum atomic E-state index is 13.3. The van der Waals surface area contributed by atoms with Gasteiger partial charge in [0.2, 0.25) is 10.0 Å². The first-order chi connectivity index (χ1) is 16.0. The predicted octanol–water partition coefficient (Wildman–Crippen LogP) is 5.66. The molecule has 1 N–H and O–H groups in total. The van der Waals surface area contributed by atoms with E-state index in [1.165, 1.54) is 0 Å². The van der Waals surface area contributed by atoms with Gasteiger partial charge in [-0.1, -0.05) is 77.9 Å². The fraction of sp³-hybridized carbons (Fsp3) is 0.296. The molecular formula is C27H32N2O3S2. The molecule has 2 atom stereocenters. The molecule has 0 aliphatic heterocycles. The SMILES string of the molecule is Cc1ccc([C@H](C/C(=N/S(=O)C(C)(C)C)c2ccccc2)NS(=O)(=O)c2ccc(C)cc2)cc1. The van der Waals surface area contributed by atoms with Crippen molar-refractivity contribution in [2.75, 3.05) is 0 Å². The molecule has 34 heavy (non-hydrogen) atoms. The third kappa shape index (κ3) is 6.95. The van der Waals surface area contributed by atoms with Crippen molar-refractivity contribution in [3.05, 3.63) is 101 Å². The summed E-state index contributed by atoms with van der Waals surface area (Å²) in [7, 11) is -5.30. The summed E-state index contributed by atoms with van der Waals surface area (Å²) in [6.45, 7) is 9.50. The molecule has 180 valence electrons. The van der Waals surface area contributed by atoms with Crippen LogP contribution in [0.3, 0.4) is 0 Å². The fourth-order valence-corrected chi connectivity index (χ4v) is 5.15. The summed E-state index contributed by atoms with van der Waals surface area (Å²) >= 11 is 0. The average molecular weight is 497 g/mol. The zero-order valence-electron chi connectivity index (χ0n) is 20.3. The van der Waals surface area contributed by atoms with Gasteiger partial charge in [-0.2, -0.15) is 4.40 Å². The van der Waals surface area contributed by atoms with Crippen molar-refractivity contribution in [1.82, 2.24) is 4.72 Å². The number of hydrogen-bond acceptors (Lipinski definition) is 3. The van der Waals surface area contributed by atoms with Crippen LogP contribution in [0.1, 0.15) is 55.5 Å². The lowest BCUT2D eigenvalue weighted by molar-refractivity contribution is 0.561. The molecule has 0 aliphatic rings. The van der Waals surface area contributed by atoms with Gasteiger partial charge < -0.3 is 0 Å². The van der Waals surface area contributed by atoms with Crippen molar-refractivity contribution in [1.29, 1.82) is 0 Å². The number of nitrogens with one attached hydrogen (secondary N) is 1. The van der Waals surface area contributed by atoms with Gasteiger partial charge >= 0.3 is 0 Å². The molecule has 3 rings (SSSR count). The highest BCUT2D eigenvalue weighted by molar-refractivity contribution is 7.89. The highest BCUT2D eigenvalue weighted by Gasteiger charge is 2.26. The topological polar surface area (TPSA) is 75.6 Å². The number of benzene rings is 3. The van der Waals surface area contributed by atoms with Crippen LogP contribution >= 0.6 is 0 Å². The Morgan fingerprint density at radius 3 is 1.94 bits per heavy atom. The lowest BCUT2D eigenvalue weighted by Crippen LogP contribution is -2.31. The Bertz CT molecular complexity index is 1260. The quantitative estimate of drug-likeness (QED) is 0.409. The summed E-state index contributed by atoms with van der Waals surface area (Å²) in [5.74, 6) is 0. The van der Waals surface area contributed by atoms with Crippen LogP contribution in [0.15, 0.2) is 88.2 Å². The van der Waals surface area contributed by atoms with Crippen molar-refractivity contribution in [3.8, 4) is 0 Å². The van der Waals surface area contributed by atoms with E-state index in [4.69, 9.17) is 0 Å². The normalized spacial score (nSPS) is 14.6. The van der Waals surface area contributed by atoms with E-state index < -0.39 is 31.8 Å². The maximum Gasteiger partial charge on any atom is 0.241 e. The van der Waals surface area contributed by atoms with E-state index in [0.29, 0.717) is 5.71 Å². The van der Waals surface area contributed by atoms with E-state index in [9.17, 15) is 12.6 Å². The van der Waals surface area contributed by atoms with Crippen molar-refractivity contribution < 1.29 is 12.6 Å². The number of rotatable bonds is 8. The number of nitrogens with zero attached hydrogens (tertiary/aromatic N) is 1. The lowest BCUT2D eigenvalue weighted by Gasteiger charge is -2.22. The minimum Gasteiger partial charge on any atom is -0.234 e. The van der Waals surface area contributed by atoms with Gasteiger partial charge in [0.1, 0.15) is 11.0 Å². The molecule has 0 amide bonds. The lowest BCUT2D eigenvalue weighted by atomic mass is 9.97. The first kappa shape index (κ1) is 26.0. The van der Waals surface area contributed by atoms with Crippen LogP contribution in [0.2, 0.25) is 0 Å². The first-order valence-electron chi connectivity index (χ1n) is 11.2. The van der Waals surface area contributed by atoms with Crippen LogP contribution in [0.5, 0.6) is 0 Å². The molecule has 0 heterocycles. The van der Waals surface area contributed by atoms with Gasteiger partial charge in [0.15, 0.2) is 0 Å². The second-order valence-corrected chi connectivity index (χ2v) is 13.0. The molecule has 0 saturated heterocycles. The Hall–Kier alpha value is -2.61. The minimum absolute atomic E-state index is 0.201. The molecule has 0 radical (unpaired) electrons. The van der Waals surface area contributed by atoms with Crippen molar-refractivity contribution in [2.24, 2.45) is 4.40 Å². The molecule has 0 saturated carbocycles. The Balaban J connectivity index is 2.05. The summed E-state index contributed by atoms with van der Waals surface area (Å²) < 4.78 is 46.4. The summed E-state index contributed by atoms with van der Waals surface area (Å²) in [6.07, 6.45) is 0.250. The van der Waals surface area contributed by atoms with E-state index in [1.54, 1.807) is 24.3 Å². The zero-order chi connectivity index (χ0) is 24.9. The summed E-state index contributed by atoms with van der Waals surface area (Å²) in [4.78, 5) is 0.201. The standard InChI is InChI=1S/C27H32N2O3S2/c1-20-11-15-23(16-12-20)26(29-34(31,32)24-17-13-21(2)14-18-24)19-25(22-9-7-6-8-10-22)28-33(30)27(3,4)5/h6-18,26,29H,19H2,1-5H3/b28-25-/t26-,33?/m0/s1. The minimum atomic E-state index is -3.80. The van der Waals surface area contributed by atoms with E-state index in [2.05, 4.69) is 9.12 Å².